The number of para-hydroxylation sites is 1. The summed E-state index contributed by atoms with van der Waals surface area (Å²) in [5.41, 5.74) is 1.51. The predicted octanol–water partition coefficient (Wildman–Crippen LogP) is -0.680. The maximum absolute atomic E-state index is 12.1. The number of aromatic nitrogens is 2. The second-order valence-electron chi connectivity index (χ2n) is 5.17. The maximum atomic E-state index is 12.1. The van der Waals surface area contributed by atoms with Gasteiger partial charge in [0.15, 0.2) is 0 Å². The zero-order valence-corrected chi connectivity index (χ0v) is 11.6. The van der Waals surface area contributed by atoms with Gasteiger partial charge in [0.25, 0.3) is 0 Å². The van der Waals surface area contributed by atoms with Crippen LogP contribution in [-0.2, 0) is 20.8 Å². The van der Waals surface area contributed by atoms with Gasteiger partial charge in [-0.25, -0.2) is 4.79 Å². The Labute approximate surface area is 124 Å². The van der Waals surface area contributed by atoms with Crippen molar-refractivity contribution in [2.24, 2.45) is 0 Å². The molecule has 1 aliphatic rings. The lowest BCUT2D eigenvalue weighted by Gasteiger charge is -2.21. The standard InChI is InChI=1S/C14H14N4O4/c19-10-5-4-9(13(21)17-10)15-11(20)6-7-2-1-3-8-12(7)18-14(22)16-8/h1-3,9H,4-6H2,(H,15,20)(H2,16,18,22)(H,17,19,21). The first-order valence-electron chi connectivity index (χ1n) is 6.86. The van der Waals surface area contributed by atoms with Crippen LogP contribution in [0.4, 0.5) is 0 Å². The zero-order valence-electron chi connectivity index (χ0n) is 11.6. The third-order valence-corrected chi connectivity index (χ3v) is 3.56. The number of imidazole rings is 1. The van der Waals surface area contributed by atoms with Gasteiger partial charge in [-0.2, -0.15) is 0 Å². The van der Waals surface area contributed by atoms with E-state index in [0.29, 0.717) is 23.0 Å². The number of carbonyl (C=O) groups excluding carboxylic acids is 3. The molecule has 0 aliphatic carbocycles. The molecule has 0 bridgehead atoms. The second-order valence-corrected chi connectivity index (χ2v) is 5.17. The molecule has 114 valence electrons. The molecule has 1 unspecified atom stereocenters. The third kappa shape index (κ3) is 2.76. The van der Waals surface area contributed by atoms with Crippen molar-refractivity contribution in [2.75, 3.05) is 0 Å². The molecular weight excluding hydrogens is 288 g/mol. The molecule has 1 aromatic carbocycles. The Hall–Kier alpha value is -2.90. The highest BCUT2D eigenvalue weighted by Gasteiger charge is 2.27. The fourth-order valence-electron chi connectivity index (χ4n) is 2.52. The number of hydrogen-bond donors (Lipinski definition) is 4. The van der Waals surface area contributed by atoms with Crippen molar-refractivity contribution in [1.29, 1.82) is 0 Å². The van der Waals surface area contributed by atoms with E-state index in [1.807, 2.05) is 0 Å². The van der Waals surface area contributed by atoms with Crippen LogP contribution in [0, 0.1) is 0 Å². The van der Waals surface area contributed by atoms with E-state index >= 15 is 0 Å². The van der Waals surface area contributed by atoms with E-state index in [0.717, 1.165) is 0 Å². The quantitative estimate of drug-likeness (QED) is 0.561. The lowest BCUT2D eigenvalue weighted by Crippen LogP contribution is -2.52. The van der Waals surface area contributed by atoms with E-state index in [1.54, 1.807) is 18.2 Å². The Morgan fingerprint density at radius 2 is 2.05 bits per heavy atom. The summed E-state index contributed by atoms with van der Waals surface area (Å²) in [5.74, 6) is -1.16. The van der Waals surface area contributed by atoms with Crippen LogP contribution in [0.1, 0.15) is 18.4 Å². The molecule has 4 N–H and O–H groups in total. The highest BCUT2D eigenvalue weighted by atomic mass is 16.2. The lowest BCUT2D eigenvalue weighted by molar-refractivity contribution is -0.137. The minimum absolute atomic E-state index is 0.0306. The van der Waals surface area contributed by atoms with Gasteiger partial charge in [-0.15, -0.1) is 0 Å². The number of H-pyrrole nitrogens is 2. The number of hydrogen-bond acceptors (Lipinski definition) is 4. The number of fused-ring (bicyclic) bond motifs is 1. The van der Waals surface area contributed by atoms with Crippen LogP contribution in [0.2, 0.25) is 0 Å². The van der Waals surface area contributed by atoms with Crippen molar-refractivity contribution in [3.63, 3.8) is 0 Å². The molecule has 0 saturated carbocycles. The van der Waals surface area contributed by atoms with Gasteiger partial charge in [0.2, 0.25) is 17.7 Å². The number of carbonyl (C=O) groups is 3. The van der Waals surface area contributed by atoms with Crippen LogP contribution in [0.3, 0.4) is 0 Å². The first-order chi connectivity index (χ1) is 10.5. The number of amides is 3. The number of aromatic amines is 2. The minimum atomic E-state index is -0.699. The molecule has 1 aliphatic heterocycles. The summed E-state index contributed by atoms with van der Waals surface area (Å²) in [7, 11) is 0. The van der Waals surface area contributed by atoms with Crippen LogP contribution >= 0.6 is 0 Å². The van der Waals surface area contributed by atoms with Crippen LogP contribution in [0.25, 0.3) is 11.0 Å². The topological polar surface area (TPSA) is 124 Å². The Bertz CT molecular complexity index is 820. The Morgan fingerprint density at radius 3 is 2.82 bits per heavy atom. The number of imide groups is 1. The molecular formula is C14H14N4O4. The summed E-state index contributed by atoms with van der Waals surface area (Å²) in [6.07, 6.45) is 0.530. The van der Waals surface area contributed by atoms with Crippen molar-refractivity contribution < 1.29 is 14.4 Å². The monoisotopic (exact) mass is 302 g/mol. The van der Waals surface area contributed by atoms with Gasteiger partial charge in [-0.1, -0.05) is 12.1 Å². The lowest BCUT2D eigenvalue weighted by atomic mass is 10.0. The fraction of sp³-hybridized carbons (Fsp3) is 0.286. The summed E-state index contributed by atoms with van der Waals surface area (Å²) < 4.78 is 0. The number of nitrogens with one attached hydrogen (secondary N) is 4. The molecule has 8 heteroatoms. The Morgan fingerprint density at radius 1 is 1.23 bits per heavy atom. The van der Waals surface area contributed by atoms with Crippen molar-refractivity contribution in [1.82, 2.24) is 20.6 Å². The van der Waals surface area contributed by atoms with E-state index in [2.05, 4.69) is 20.6 Å². The van der Waals surface area contributed by atoms with Crippen LogP contribution in [0.5, 0.6) is 0 Å². The zero-order chi connectivity index (χ0) is 15.7. The average Bonchev–Trinajstić information content (AvgIpc) is 2.83. The molecule has 8 nitrogen and oxygen atoms in total. The molecule has 22 heavy (non-hydrogen) atoms. The molecule has 1 saturated heterocycles. The third-order valence-electron chi connectivity index (χ3n) is 3.56. The van der Waals surface area contributed by atoms with Gasteiger partial charge in [-0.3, -0.25) is 19.7 Å². The van der Waals surface area contributed by atoms with Gasteiger partial charge in [0, 0.05) is 6.42 Å². The number of benzene rings is 1. The average molecular weight is 302 g/mol. The maximum Gasteiger partial charge on any atom is 0.323 e. The summed E-state index contributed by atoms with van der Waals surface area (Å²) in [4.78, 5) is 51.3. The van der Waals surface area contributed by atoms with Gasteiger partial charge < -0.3 is 15.3 Å². The molecule has 1 aromatic heterocycles. The smallest absolute Gasteiger partial charge is 0.323 e. The van der Waals surface area contributed by atoms with E-state index in [4.69, 9.17) is 0 Å². The van der Waals surface area contributed by atoms with Crippen molar-refractivity contribution in [3.8, 4) is 0 Å². The molecule has 3 rings (SSSR count). The van der Waals surface area contributed by atoms with Crippen LogP contribution in [0.15, 0.2) is 23.0 Å². The number of rotatable bonds is 3. The predicted molar refractivity (Wildman–Crippen MR) is 76.9 cm³/mol. The highest BCUT2D eigenvalue weighted by molar-refractivity contribution is 6.01. The van der Waals surface area contributed by atoms with E-state index < -0.39 is 11.9 Å². The second kappa shape index (κ2) is 5.47. The molecule has 0 radical (unpaired) electrons. The molecule has 3 amide bonds. The SMILES string of the molecule is O=C1CCC(NC(=O)Cc2cccc3[nH]c(=O)[nH]c23)C(=O)N1. The van der Waals surface area contributed by atoms with Crippen LogP contribution in [-0.4, -0.2) is 33.7 Å². The summed E-state index contributed by atoms with van der Waals surface area (Å²) in [5, 5.41) is 4.79. The molecule has 2 aromatic rings. The molecule has 0 spiro atoms. The summed E-state index contributed by atoms with van der Waals surface area (Å²) >= 11 is 0. The minimum Gasteiger partial charge on any atom is -0.344 e. The largest absolute Gasteiger partial charge is 0.344 e. The number of piperidine rings is 1. The van der Waals surface area contributed by atoms with Crippen molar-refractivity contribution in [3.05, 3.63) is 34.2 Å². The molecule has 1 fully saturated rings. The van der Waals surface area contributed by atoms with Gasteiger partial charge >= 0.3 is 5.69 Å². The Balaban J connectivity index is 1.72. The van der Waals surface area contributed by atoms with Gasteiger partial charge in [-0.05, 0) is 18.1 Å². The van der Waals surface area contributed by atoms with Crippen LogP contribution < -0.4 is 16.3 Å². The highest BCUT2D eigenvalue weighted by Crippen LogP contribution is 2.14. The summed E-state index contributed by atoms with van der Waals surface area (Å²) in [6.45, 7) is 0. The first-order valence-corrected chi connectivity index (χ1v) is 6.86. The molecule has 1 atom stereocenters. The molecule has 2 heterocycles. The van der Waals surface area contributed by atoms with Gasteiger partial charge in [0.05, 0.1) is 17.5 Å². The Kier molecular flexibility index (Phi) is 3.50. The van der Waals surface area contributed by atoms with Crippen molar-refractivity contribution in [2.45, 2.75) is 25.3 Å². The fourth-order valence-corrected chi connectivity index (χ4v) is 2.52. The normalized spacial score (nSPS) is 18.3. The van der Waals surface area contributed by atoms with E-state index in [1.165, 1.54) is 0 Å². The van der Waals surface area contributed by atoms with E-state index in [-0.39, 0.29) is 30.3 Å². The summed E-state index contributed by atoms with van der Waals surface area (Å²) in [6, 6.07) is 4.50. The van der Waals surface area contributed by atoms with Crippen molar-refractivity contribution >= 4 is 28.8 Å². The van der Waals surface area contributed by atoms with Gasteiger partial charge in [0.1, 0.15) is 6.04 Å². The first kappa shape index (κ1) is 14.1. The van der Waals surface area contributed by atoms with E-state index in [9.17, 15) is 19.2 Å².